The summed E-state index contributed by atoms with van der Waals surface area (Å²) < 4.78 is 10.6. The molecule has 0 saturated carbocycles. The third-order valence-corrected chi connectivity index (χ3v) is 5.62. The molecule has 24 heavy (non-hydrogen) atoms. The summed E-state index contributed by atoms with van der Waals surface area (Å²) in [5.74, 6) is 1.20. The molecule has 2 aromatic rings. The topological polar surface area (TPSA) is 55.8 Å². The van der Waals surface area contributed by atoms with Gasteiger partial charge in [-0.15, -0.1) is 0 Å². The minimum absolute atomic E-state index is 0.0973. The summed E-state index contributed by atoms with van der Waals surface area (Å²) in [7, 11) is 3.49. The Balaban J connectivity index is 2.45. The molecule has 0 aromatic heterocycles. The summed E-state index contributed by atoms with van der Waals surface area (Å²) >= 11 is 0. The van der Waals surface area contributed by atoms with E-state index in [1.165, 1.54) is 7.11 Å². The van der Waals surface area contributed by atoms with Crippen molar-refractivity contribution in [1.82, 2.24) is 0 Å². The summed E-state index contributed by atoms with van der Waals surface area (Å²) in [5, 5.41) is 11.6. The van der Waals surface area contributed by atoms with Gasteiger partial charge in [0.25, 0.3) is 0 Å². The second-order valence-electron chi connectivity index (χ2n) is 5.46. The lowest BCUT2D eigenvalue weighted by atomic mass is 10.1. The fourth-order valence-corrected chi connectivity index (χ4v) is 4.34. The number of aromatic hydroxyl groups is 1. The lowest BCUT2D eigenvalue weighted by Crippen LogP contribution is -2.07. The molecule has 0 amide bonds. The maximum atomic E-state index is 11.3. The molecule has 2 rings (SSSR count). The number of aldehydes is 1. The predicted octanol–water partition coefficient (Wildman–Crippen LogP) is 4.07. The first-order valence-electron chi connectivity index (χ1n) is 7.90. The van der Waals surface area contributed by atoms with Crippen LogP contribution in [0.1, 0.15) is 41.3 Å². The van der Waals surface area contributed by atoms with Gasteiger partial charge in [0.1, 0.15) is 5.75 Å². The third-order valence-electron chi connectivity index (χ3n) is 3.90. The van der Waals surface area contributed by atoms with Crippen molar-refractivity contribution in [2.75, 3.05) is 14.2 Å². The van der Waals surface area contributed by atoms with Crippen LogP contribution in [0.15, 0.2) is 36.4 Å². The summed E-state index contributed by atoms with van der Waals surface area (Å²) in [4.78, 5) is 11.3. The molecule has 0 aliphatic heterocycles. The molecule has 0 bridgehead atoms. The summed E-state index contributed by atoms with van der Waals surface area (Å²) in [6, 6.07) is 11.1. The highest BCUT2D eigenvalue weighted by molar-refractivity contribution is 7.47. The van der Waals surface area contributed by atoms with Gasteiger partial charge in [0.05, 0.1) is 14.2 Å². The summed E-state index contributed by atoms with van der Waals surface area (Å²) in [5.41, 5.74) is 1.60. The molecule has 2 unspecified atom stereocenters. The van der Waals surface area contributed by atoms with E-state index >= 15 is 0 Å². The van der Waals surface area contributed by atoms with Crippen LogP contribution in [0.25, 0.3) is 0 Å². The number of hydrogen-bond acceptors (Lipinski definition) is 4. The van der Waals surface area contributed by atoms with Gasteiger partial charge < -0.3 is 14.6 Å². The highest BCUT2D eigenvalue weighted by Crippen LogP contribution is 2.47. The number of carbonyl (C=O) groups is 1. The van der Waals surface area contributed by atoms with Gasteiger partial charge in [0.15, 0.2) is 17.8 Å². The molecule has 4 nitrogen and oxygen atoms in total. The standard InChI is InChI=1S/C19H23O4P/c1-4-7-18(24-17-9-6-5-8-13(17)12-20)15-10-14(22-2)11-16(23-3)19(15)21/h5-6,8-12,18,21,24H,4,7H2,1-3H3. The second-order valence-corrected chi connectivity index (χ2v) is 6.98. The number of phenolic OH excluding ortho intramolecular Hbond substituents is 1. The first-order chi connectivity index (χ1) is 11.6. The van der Waals surface area contributed by atoms with E-state index in [4.69, 9.17) is 9.47 Å². The number of methoxy groups -OCH3 is 2. The van der Waals surface area contributed by atoms with Crippen LogP contribution in [0.5, 0.6) is 17.2 Å². The molecule has 2 aromatic carbocycles. The van der Waals surface area contributed by atoms with E-state index in [-0.39, 0.29) is 11.4 Å². The first-order valence-corrected chi connectivity index (χ1v) is 8.97. The smallest absolute Gasteiger partial charge is 0.164 e. The van der Waals surface area contributed by atoms with Gasteiger partial charge in [-0.2, -0.15) is 0 Å². The molecule has 2 atom stereocenters. The Hall–Kier alpha value is -2.06. The van der Waals surface area contributed by atoms with Crippen molar-refractivity contribution in [3.05, 3.63) is 47.5 Å². The Morgan fingerprint density at radius 3 is 2.58 bits per heavy atom. The number of rotatable bonds is 8. The molecule has 0 aliphatic carbocycles. The molecular formula is C19H23O4P. The van der Waals surface area contributed by atoms with E-state index in [0.717, 1.165) is 30.0 Å². The van der Waals surface area contributed by atoms with Crippen LogP contribution >= 0.6 is 8.58 Å². The Morgan fingerprint density at radius 2 is 1.96 bits per heavy atom. The fraction of sp³-hybridized carbons (Fsp3) is 0.316. The predicted molar refractivity (Wildman–Crippen MR) is 98.6 cm³/mol. The van der Waals surface area contributed by atoms with E-state index in [2.05, 4.69) is 6.92 Å². The Bertz CT molecular complexity index is 700. The maximum Gasteiger partial charge on any atom is 0.164 e. The normalized spacial score (nSPS) is 12.3. The van der Waals surface area contributed by atoms with Crippen molar-refractivity contribution < 1.29 is 19.4 Å². The number of hydrogen-bond donors (Lipinski definition) is 1. The van der Waals surface area contributed by atoms with Crippen LogP contribution in [0, 0.1) is 0 Å². The largest absolute Gasteiger partial charge is 0.504 e. The van der Waals surface area contributed by atoms with Crippen LogP contribution < -0.4 is 14.8 Å². The van der Waals surface area contributed by atoms with Crippen molar-refractivity contribution in [3.8, 4) is 17.2 Å². The summed E-state index contributed by atoms with van der Waals surface area (Å²) in [6.07, 6.45) is 2.76. The monoisotopic (exact) mass is 346 g/mol. The van der Waals surface area contributed by atoms with Gasteiger partial charge in [0.2, 0.25) is 0 Å². The highest BCUT2D eigenvalue weighted by Gasteiger charge is 2.21. The molecule has 0 radical (unpaired) electrons. The first kappa shape index (κ1) is 18.3. The van der Waals surface area contributed by atoms with E-state index < -0.39 is 0 Å². The molecule has 0 aliphatic rings. The minimum Gasteiger partial charge on any atom is -0.504 e. The Kier molecular flexibility index (Phi) is 6.62. The molecular weight excluding hydrogens is 323 g/mol. The van der Waals surface area contributed by atoms with Crippen LogP contribution in [0.3, 0.4) is 0 Å². The van der Waals surface area contributed by atoms with Crippen molar-refractivity contribution in [2.24, 2.45) is 0 Å². The summed E-state index contributed by atoms with van der Waals surface area (Å²) in [6.45, 7) is 2.11. The molecule has 0 saturated heterocycles. The molecule has 0 heterocycles. The molecule has 0 spiro atoms. The van der Waals surface area contributed by atoms with Crippen molar-refractivity contribution >= 4 is 20.2 Å². The van der Waals surface area contributed by atoms with Crippen molar-refractivity contribution in [1.29, 1.82) is 0 Å². The van der Waals surface area contributed by atoms with Gasteiger partial charge >= 0.3 is 0 Å². The number of benzene rings is 2. The van der Waals surface area contributed by atoms with Gasteiger partial charge in [-0.25, -0.2) is 0 Å². The second kappa shape index (κ2) is 8.70. The zero-order valence-electron chi connectivity index (χ0n) is 14.2. The van der Waals surface area contributed by atoms with E-state index in [0.29, 0.717) is 25.6 Å². The average molecular weight is 346 g/mol. The molecule has 128 valence electrons. The van der Waals surface area contributed by atoms with Crippen LogP contribution in [-0.4, -0.2) is 25.6 Å². The van der Waals surface area contributed by atoms with Crippen molar-refractivity contribution in [2.45, 2.75) is 25.4 Å². The lowest BCUT2D eigenvalue weighted by molar-refractivity contribution is 0.112. The third kappa shape index (κ3) is 4.07. The SMILES string of the molecule is CCCC(Pc1ccccc1C=O)c1cc(OC)cc(OC)c1O. The average Bonchev–Trinajstić information content (AvgIpc) is 2.62. The number of ether oxygens (including phenoxy) is 2. The number of phenols is 1. The zero-order chi connectivity index (χ0) is 17.5. The van der Waals surface area contributed by atoms with Gasteiger partial charge in [0, 0.05) is 22.9 Å². The van der Waals surface area contributed by atoms with Crippen LogP contribution in [0.2, 0.25) is 0 Å². The van der Waals surface area contributed by atoms with Gasteiger partial charge in [-0.1, -0.05) is 46.2 Å². The van der Waals surface area contributed by atoms with Crippen LogP contribution in [-0.2, 0) is 0 Å². The lowest BCUT2D eigenvalue weighted by Gasteiger charge is -2.21. The molecule has 0 fully saturated rings. The highest BCUT2D eigenvalue weighted by atomic mass is 31.1. The van der Waals surface area contributed by atoms with Gasteiger partial charge in [-0.3, -0.25) is 4.79 Å². The quantitative estimate of drug-likeness (QED) is 0.578. The van der Waals surface area contributed by atoms with Crippen molar-refractivity contribution in [3.63, 3.8) is 0 Å². The van der Waals surface area contributed by atoms with E-state index in [1.54, 1.807) is 13.2 Å². The maximum absolute atomic E-state index is 11.3. The Labute approximate surface area is 144 Å². The minimum atomic E-state index is 0.0973. The fourth-order valence-electron chi connectivity index (χ4n) is 2.66. The molecule has 1 N–H and O–H groups in total. The Morgan fingerprint density at radius 1 is 1.21 bits per heavy atom. The van der Waals surface area contributed by atoms with E-state index in [9.17, 15) is 9.90 Å². The van der Waals surface area contributed by atoms with Crippen LogP contribution in [0.4, 0.5) is 0 Å². The number of carbonyl (C=O) groups excluding carboxylic acids is 1. The van der Waals surface area contributed by atoms with E-state index in [1.807, 2.05) is 30.3 Å². The molecule has 5 heteroatoms. The van der Waals surface area contributed by atoms with Gasteiger partial charge in [-0.05, 0) is 17.8 Å². The zero-order valence-corrected chi connectivity index (χ0v) is 15.2.